The van der Waals surface area contributed by atoms with Crippen molar-refractivity contribution >= 4 is 37.4 Å². The number of ether oxygens (including phenoxy) is 1. The molecule has 4 aromatic carbocycles. The first-order chi connectivity index (χ1) is 26.4. The Morgan fingerprint density at radius 1 is 0.455 bits per heavy atom. The van der Waals surface area contributed by atoms with Crippen molar-refractivity contribution in [3.05, 3.63) is 121 Å². The van der Waals surface area contributed by atoms with Crippen molar-refractivity contribution < 1.29 is 18.7 Å². The number of rotatable bonds is 13. The summed E-state index contributed by atoms with van der Waals surface area (Å²) in [6.45, 7) is 16.4. The highest BCUT2D eigenvalue weighted by molar-refractivity contribution is 7.00. The van der Waals surface area contributed by atoms with Crippen molar-refractivity contribution in [2.24, 2.45) is 10.8 Å². The molecule has 0 aliphatic heterocycles. The maximum Gasteiger partial charge on any atom is 0.261 e. The lowest BCUT2D eigenvalue weighted by atomic mass is 9.75. The molecule has 4 aromatic rings. The molecule has 0 heterocycles. The monoisotopic (exact) mass is 778 g/mol. The Balaban J connectivity index is 0.000000211. The van der Waals surface area contributed by atoms with Crippen molar-refractivity contribution in [1.82, 2.24) is 0 Å². The Hall–Kier alpha value is -2.85. The summed E-state index contributed by atoms with van der Waals surface area (Å²) in [6, 6.07) is 43.5. The van der Waals surface area contributed by atoms with Crippen molar-refractivity contribution in [1.29, 1.82) is 0 Å². The van der Waals surface area contributed by atoms with Gasteiger partial charge in [0.1, 0.15) is 0 Å². The average Bonchev–Trinajstić information content (AvgIpc) is 3.20. The van der Waals surface area contributed by atoms with Crippen LogP contribution in [0.5, 0.6) is 0 Å². The Morgan fingerprint density at radius 2 is 0.745 bits per heavy atom. The maximum atomic E-state index is 10.2. The molecule has 0 bridgehead atoms. The quantitative estimate of drug-likeness (QED) is 0.138. The number of aliphatic hydroxyl groups excluding tert-OH is 1. The normalized spacial score (nSPS) is 17.5. The summed E-state index contributed by atoms with van der Waals surface area (Å²) in [5.41, 5.74) is 0.0748. The molecule has 2 saturated carbocycles. The van der Waals surface area contributed by atoms with Gasteiger partial charge in [0.15, 0.2) is 0 Å². The van der Waals surface area contributed by atoms with Crippen LogP contribution in [0.1, 0.15) is 106 Å². The Morgan fingerprint density at radius 3 is 1.02 bits per heavy atom. The molecule has 0 aromatic heterocycles. The van der Waals surface area contributed by atoms with Gasteiger partial charge in [-0.1, -0.05) is 201 Å². The highest BCUT2D eigenvalue weighted by Gasteiger charge is 2.53. The molecule has 0 spiro atoms. The van der Waals surface area contributed by atoms with E-state index in [0.717, 1.165) is 26.1 Å². The van der Waals surface area contributed by atoms with Crippen LogP contribution in [0.2, 0.25) is 10.1 Å². The molecule has 0 unspecified atom stereocenters. The van der Waals surface area contributed by atoms with Gasteiger partial charge in [0.25, 0.3) is 16.6 Å². The van der Waals surface area contributed by atoms with Gasteiger partial charge in [-0.15, -0.1) is 0 Å². The van der Waals surface area contributed by atoms with E-state index in [1.807, 2.05) is 7.11 Å². The van der Waals surface area contributed by atoms with Gasteiger partial charge in [0.2, 0.25) is 0 Å². The zero-order chi connectivity index (χ0) is 39.5. The Bertz CT molecular complexity index is 1590. The number of hydrogen-bond donors (Lipinski definition) is 1. The molecule has 2 aliphatic rings. The maximum absolute atomic E-state index is 10.2. The van der Waals surface area contributed by atoms with Crippen LogP contribution in [0.4, 0.5) is 0 Å². The van der Waals surface area contributed by atoms with Gasteiger partial charge in [0.05, 0.1) is 13.2 Å². The first-order valence-corrected chi connectivity index (χ1v) is 24.8. The smallest absolute Gasteiger partial charge is 0.261 e. The molecule has 6 rings (SSSR count). The Kier molecular flexibility index (Phi) is 15.0. The third-order valence-electron chi connectivity index (χ3n) is 12.6. The van der Waals surface area contributed by atoms with Gasteiger partial charge in [-0.3, -0.25) is 0 Å². The Labute approximate surface area is 336 Å². The van der Waals surface area contributed by atoms with E-state index in [9.17, 15) is 5.11 Å². The first kappa shape index (κ1) is 43.3. The lowest BCUT2D eigenvalue weighted by molar-refractivity contribution is 0.00802. The molecule has 0 amide bonds. The molecule has 298 valence electrons. The topological polar surface area (TPSA) is 47.9 Å². The van der Waals surface area contributed by atoms with Crippen LogP contribution >= 0.6 is 0 Å². The fraction of sp³-hybridized carbons (Fsp3) is 0.510. The highest BCUT2D eigenvalue weighted by atomic mass is 28.4. The zero-order valence-corrected chi connectivity index (χ0v) is 37.1. The van der Waals surface area contributed by atoms with Gasteiger partial charge in [-0.2, -0.15) is 0 Å². The van der Waals surface area contributed by atoms with E-state index in [2.05, 4.69) is 163 Å². The van der Waals surface area contributed by atoms with Crippen LogP contribution in [0.15, 0.2) is 121 Å². The summed E-state index contributed by atoms with van der Waals surface area (Å²) in [5.74, 6) is 0. The fourth-order valence-electron chi connectivity index (χ4n) is 9.63. The SMILES string of the molecule is CC(C)(C)[Si](OCC1(CO)CCCCC1)(c1ccccc1)c1ccccc1.COCC1(CO[Si](c2ccccc2)(c2ccccc2)C(C)(C)C)CCCCC1. The number of aliphatic hydroxyl groups is 1. The summed E-state index contributed by atoms with van der Waals surface area (Å²) in [4.78, 5) is 0. The molecule has 2 fully saturated rings. The number of methoxy groups -OCH3 is 1. The number of benzene rings is 4. The van der Waals surface area contributed by atoms with Gasteiger partial charge >= 0.3 is 0 Å². The third-order valence-corrected chi connectivity index (χ3v) is 22.6. The van der Waals surface area contributed by atoms with E-state index in [1.54, 1.807) is 0 Å². The molecule has 4 nitrogen and oxygen atoms in total. The first-order valence-electron chi connectivity index (χ1n) is 21.0. The van der Waals surface area contributed by atoms with Crippen LogP contribution in [-0.4, -0.2) is 55.3 Å². The minimum atomic E-state index is -2.51. The van der Waals surface area contributed by atoms with Gasteiger partial charge in [0, 0.05) is 31.2 Å². The summed E-state index contributed by atoms with van der Waals surface area (Å²) in [5, 5.41) is 15.6. The summed E-state index contributed by atoms with van der Waals surface area (Å²) < 4.78 is 20.0. The second kappa shape index (κ2) is 19.1. The minimum Gasteiger partial charge on any atom is -0.407 e. The van der Waals surface area contributed by atoms with Crippen molar-refractivity contribution in [2.75, 3.05) is 33.5 Å². The van der Waals surface area contributed by atoms with E-state index in [1.165, 1.54) is 72.1 Å². The molecule has 0 radical (unpaired) electrons. The molecular formula is C49H70O4Si2. The van der Waals surface area contributed by atoms with Crippen molar-refractivity contribution in [2.45, 2.75) is 116 Å². The molecule has 0 saturated heterocycles. The lowest BCUT2D eigenvalue weighted by Gasteiger charge is -2.46. The highest BCUT2D eigenvalue weighted by Crippen LogP contribution is 2.43. The molecule has 6 heteroatoms. The van der Waals surface area contributed by atoms with Crippen LogP contribution in [0.3, 0.4) is 0 Å². The molecule has 0 atom stereocenters. The van der Waals surface area contributed by atoms with E-state index in [-0.39, 0.29) is 27.5 Å². The predicted octanol–water partition coefficient (Wildman–Crippen LogP) is 9.67. The van der Waals surface area contributed by atoms with Crippen LogP contribution in [0.25, 0.3) is 0 Å². The summed E-state index contributed by atoms with van der Waals surface area (Å²) in [7, 11) is -3.14. The van der Waals surface area contributed by atoms with E-state index in [0.29, 0.717) is 6.61 Å². The zero-order valence-electron chi connectivity index (χ0n) is 35.1. The lowest BCUT2D eigenvalue weighted by Crippen LogP contribution is -2.67. The minimum absolute atomic E-state index is 0.0129. The van der Waals surface area contributed by atoms with Crippen molar-refractivity contribution in [3.63, 3.8) is 0 Å². The van der Waals surface area contributed by atoms with E-state index < -0.39 is 16.6 Å². The predicted molar refractivity (Wildman–Crippen MR) is 237 cm³/mol. The van der Waals surface area contributed by atoms with E-state index in [4.69, 9.17) is 13.6 Å². The summed E-state index contributed by atoms with van der Waals surface area (Å²) in [6.07, 6.45) is 12.1. The molecule has 2 aliphatic carbocycles. The van der Waals surface area contributed by atoms with Gasteiger partial charge < -0.3 is 18.7 Å². The molecule has 55 heavy (non-hydrogen) atoms. The fourth-order valence-corrected chi connectivity index (χ4v) is 19.0. The third kappa shape index (κ3) is 9.83. The second-order valence-electron chi connectivity index (χ2n) is 18.6. The average molecular weight is 779 g/mol. The molecule has 1 N–H and O–H groups in total. The van der Waals surface area contributed by atoms with Gasteiger partial charge in [-0.25, -0.2) is 0 Å². The van der Waals surface area contributed by atoms with Crippen molar-refractivity contribution in [3.8, 4) is 0 Å². The standard InChI is InChI=1S/C25H36O2Si.C24H34O2Si/c1-24(2,3)28(22-14-8-5-9-15-22,23-16-10-6-11-17-23)27-21-25(20-26-4)18-12-7-13-19-25;1-23(2,3)27(21-13-7-4-8-14-21,22-15-9-5-10-16-22)26-20-24(19-25)17-11-6-12-18-24/h5-6,8-11,14-17H,7,12-13,18-21H2,1-4H3;4-5,7-10,13-16,25H,6,11-12,17-20H2,1-3H3. The second-order valence-corrected chi connectivity index (χ2v) is 27.2. The van der Waals surface area contributed by atoms with Crippen LogP contribution < -0.4 is 20.7 Å². The van der Waals surface area contributed by atoms with Crippen LogP contribution in [0, 0.1) is 10.8 Å². The largest absolute Gasteiger partial charge is 0.407 e. The molecular weight excluding hydrogens is 709 g/mol. The van der Waals surface area contributed by atoms with E-state index >= 15 is 0 Å². The summed E-state index contributed by atoms with van der Waals surface area (Å²) >= 11 is 0. The number of hydrogen-bond acceptors (Lipinski definition) is 4. The van der Waals surface area contributed by atoms with Crippen LogP contribution in [-0.2, 0) is 13.6 Å². The van der Waals surface area contributed by atoms with Gasteiger partial charge in [-0.05, 0) is 56.5 Å².